The van der Waals surface area contributed by atoms with E-state index in [0.717, 1.165) is 36.3 Å². The molecule has 0 radical (unpaired) electrons. The number of halogens is 1. The van der Waals surface area contributed by atoms with Crippen molar-refractivity contribution in [2.24, 2.45) is 0 Å². The Morgan fingerprint density at radius 3 is 3.06 bits per heavy atom. The van der Waals surface area contributed by atoms with Crippen molar-refractivity contribution in [1.29, 1.82) is 0 Å². The quantitative estimate of drug-likeness (QED) is 0.900. The van der Waals surface area contributed by atoms with Crippen LogP contribution in [0.5, 0.6) is 0 Å². The molecule has 1 aliphatic carbocycles. The maximum atomic E-state index is 13.1. The van der Waals surface area contributed by atoms with Gasteiger partial charge in [0.15, 0.2) is 0 Å². The van der Waals surface area contributed by atoms with Gasteiger partial charge in [-0.2, -0.15) is 0 Å². The van der Waals surface area contributed by atoms with Crippen molar-refractivity contribution < 1.29 is 4.39 Å². The molecule has 0 saturated carbocycles. The molecule has 0 unspecified atom stereocenters. The molecule has 1 aliphatic rings. The molecule has 2 aromatic rings. The molecule has 3 rings (SSSR count). The Hall–Kier alpha value is -1.97. The number of nitrogens with one attached hydrogen (secondary N) is 1. The van der Waals surface area contributed by atoms with Crippen LogP contribution in [0.2, 0.25) is 0 Å². The monoisotopic (exact) mass is 243 g/mol. The fourth-order valence-electron chi connectivity index (χ4n) is 2.34. The highest BCUT2D eigenvalue weighted by Gasteiger charge is 2.16. The first-order valence-electron chi connectivity index (χ1n) is 6.14. The van der Waals surface area contributed by atoms with E-state index < -0.39 is 0 Å². The van der Waals surface area contributed by atoms with E-state index in [1.54, 1.807) is 12.4 Å². The zero-order valence-corrected chi connectivity index (χ0v) is 9.99. The molecule has 0 amide bonds. The molecule has 1 aromatic carbocycles. The Balaban J connectivity index is 1.76. The van der Waals surface area contributed by atoms with Gasteiger partial charge in [0.1, 0.15) is 18.0 Å². The second-order valence-electron chi connectivity index (χ2n) is 4.48. The van der Waals surface area contributed by atoms with Crippen LogP contribution < -0.4 is 5.32 Å². The van der Waals surface area contributed by atoms with Crippen molar-refractivity contribution in [3.8, 4) is 0 Å². The van der Waals surface area contributed by atoms with E-state index >= 15 is 0 Å². The number of hydrogen-bond donors (Lipinski definition) is 1. The van der Waals surface area contributed by atoms with Gasteiger partial charge in [-0.25, -0.2) is 14.4 Å². The number of fused-ring (bicyclic) bond motifs is 1. The lowest BCUT2D eigenvalue weighted by Gasteiger charge is -2.09. The summed E-state index contributed by atoms with van der Waals surface area (Å²) in [5, 5.41) is 3.27. The Morgan fingerprint density at radius 2 is 2.17 bits per heavy atom. The SMILES string of the molecule is Fc1cccc(CNc2ncnc3c2CCC3)c1. The zero-order chi connectivity index (χ0) is 12.4. The van der Waals surface area contributed by atoms with Crippen LogP contribution >= 0.6 is 0 Å². The summed E-state index contributed by atoms with van der Waals surface area (Å²) in [6.07, 6.45) is 4.80. The molecule has 4 heteroatoms. The van der Waals surface area contributed by atoms with Crippen LogP contribution in [0.3, 0.4) is 0 Å². The second-order valence-corrected chi connectivity index (χ2v) is 4.48. The number of hydrogen-bond acceptors (Lipinski definition) is 3. The summed E-state index contributed by atoms with van der Waals surface area (Å²) in [6.45, 7) is 0.585. The first-order valence-corrected chi connectivity index (χ1v) is 6.14. The van der Waals surface area contributed by atoms with E-state index in [9.17, 15) is 4.39 Å². The fourth-order valence-corrected chi connectivity index (χ4v) is 2.34. The number of rotatable bonds is 3. The topological polar surface area (TPSA) is 37.8 Å². The Bertz CT molecular complexity index is 569. The lowest BCUT2D eigenvalue weighted by molar-refractivity contribution is 0.626. The van der Waals surface area contributed by atoms with E-state index in [1.807, 2.05) is 6.07 Å². The molecule has 92 valence electrons. The highest BCUT2D eigenvalue weighted by molar-refractivity contribution is 5.48. The van der Waals surface area contributed by atoms with E-state index in [-0.39, 0.29) is 5.82 Å². The first kappa shape index (κ1) is 11.1. The van der Waals surface area contributed by atoms with Gasteiger partial charge in [0.05, 0.1) is 0 Å². The number of aromatic nitrogens is 2. The number of benzene rings is 1. The molecular formula is C14H14FN3. The van der Waals surface area contributed by atoms with Gasteiger partial charge < -0.3 is 5.32 Å². The van der Waals surface area contributed by atoms with Crippen LogP contribution in [0, 0.1) is 5.82 Å². The van der Waals surface area contributed by atoms with Crippen LogP contribution in [-0.4, -0.2) is 9.97 Å². The van der Waals surface area contributed by atoms with Crippen molar-refractivity contribution in [3.05, 3.63) is 53.2 Å². The third kappa shape index (κ3) is 2.18. The molecule has 18 heavy (non-hydrogen) atoms. The Kier molecular flexibility index (Phi) is 2.92. The van der Waals surface area contributed by atoms with Crippen molar-refractivity contribution in [1.82, 2.24) is 9.97 Å². The average Bonchev–Trinajstić information content (AvgIpc) is 2.85. The van der Waals surface area contributed by atoms with Gasteiger partial charge in [0.2, 0.25) is 0 Å². The minimum atomic E-state index is -0.206. The lowest BCUT2D eigenvalue weighted by atomic mass is 10.2. The summed E-state index contributed by atoms with van der Waals surface area (Å²) < 4.78 is 13.1. The largest absolute Gasteiger partial charge is 0.366 e. The number of anilines is 1. The van der Waals surface area contributed by atoms with Gasteiger partial charge in [-0.1, -0.05) is 12.1 Å². The van der Waals surface area contributed by atoms with Gasteiger partial charge in [-0.05, 0) is 37.0 Å². The maximum Gasteiger partial charge on any atom is 0.133 e. The van der Waals surface area contributed by atoms with E-state index in [2.05, 4.69) is 15.3 Å². The molecule has 3 nitrogen and oxygen atoms in total. The van der Waals surface area contributed by atoms with Gasteiger partial charge in [-0.3, -0.25) is 0 Å². The van der Waals surface area contributed by atoms with E-state index in [1.165, 1.54) is 17.7 Å². The van der Waals surface area contributed by atoms with Gasteiger partial charge in [0, 0.05) is 17.8 Å². The molecule has 0 spiro atoms. The standard InChI is InChI=1S/C14H14FN3/c15-11-4-1-3-10(7-11)8-16-14-12-5-2-6-13(12)17-9-18-14/h1,3-4,7,9H,2,5-6,8H2,(H,16,17,18). The van der Waals surface area contributed by atoms with Crippen LogP contribution in [-0.2, 0) is 19.4 Å². The average molecular weight is 243 g/mol. The predicted molar refractivity (Wildman–Crippen MR) is 67.8 cm³/mol. The van der Waals surface area contributed by atoms with Crippen molar-refractivity contribution in [3.63, 3.8) is 0 Å². The Morgan fingerprint density at radius 1 is 1.22 bits per heavy atom. The first-order chi connectivity index (χ1) is 8.83. The molecule has 0 bridgehead atoms. The molecule has 1 N–H and O–H groups in total. The van der Waals surface area contributed by atoms with E-state index in [0.29, 0.717) is 6.54 Å². The smallest absolute Gasteiger partial charge is 0.133 e. The van der Waals surface area contributed by atoms with Crippen LogP contribution in [0.4, 0.5) is 10.2 Å². The zero-order valence-electron chi connectivity index (χ0n) is 9.99. The van der Waals surface area contributed by atoms with Crippen LogP contribution in [0.25, 0.3) is 0 Å². The summed E-state index contributed by atoms with van der Waals surface area (Å²) in [6, 6.07) is 6.61. The molecule has 0 aliphatic heterocycles. The van der Waals surface area contributed by atoms with Gasteiger partial charge in [0.25, 0.3) is 0 Å². The van der Waals surface area contributed by atoms with Crippen molar-refractivity contribution in [2.75, 3.05) is 5.32 Å². The fraction of sp³-hybridized carbons (Fsp3) is 0.286. The van der Waals surface area contributed by atoms with Gasteiger partial charge >= 0.3 is 0 Å². The summed E-state index contributed by atoms with van der Waals surface area (Å²) in [4.78, 5) is 8.55. The minimum Gasteiger partial charge on any atom is -0.366 e. The van der Waals surface area contributed by atoms with Crippen molar-refractivity contribution >= 4 is 5.82 Å². The molecule has 0 atom stereocenters. The Labute approximate surface area is 105 Å². The lowest BCUT2D eigenvalue weighted by Crippen LogP contribution is -2.05. The highest BCUT2D eigenvalue weighted by Crippen LogP contribution is 2.25. The summed E-state index contributed by atoms with van der Waals surface area (Å²) in [5.41, 5.74) is 3.28. The predicted octanol–water partition coefficient (Wildman–Crippen LogP) is 2.72. The molecule has 0 fully saturated rings. The van der Waals surface area contributed by atoms with Gasteiger partial charge in [-0.15, -0.1) is 0 Å². The number of nitrogens with zero attached hydrogens (tertiary/aromatic N) is 2. The van der Waals surface area contributed by atoms with E-state index in [4.69, 9.17) is 0 Å². The van der Waals surface area contributed by atoms with Crippen LogP contribution in [0.1, 0.15) is 23.2 Å². The molecular weight excluding hydrogens is 229 g/mol. The highest BCUT2D eigenvalue weighted by atomic mass is 19.1. The number of aryl methyl sites for hydroxylation is 1. The minimum absolute atomic E-state index is 0.206. The maximum absolute atomic E-state index is 13.1. The molecule has 0 saturated heterocycles. The summed E-state index contributed by atoms with van der Waals surface area (Å²) in [7, 11) is 0. The molecule has 1 aromatic heterocycles. The van der Waals surface area contributed by atoms with Crippen LogP contribution in [0.15, 0.2) is 30.6 Å². The normalized spacial score (nSPS) is 13.4. The second kappa shape index (κ2) is 4.72. The third-order valence-corrected chi connectivity index (χ3v) is 3.22. The summed E-state index contributed by atoms with van der Waals surface area (Å²) >= 11 is 0. The molecule has 1 heterocycles. The summed E-state index contributed by atoms with van der Waals surface area (Å²) in [5.74, 6) is 0.684. The van der Waals surface area contributed by atoms with Crippen molar-refractivity contribution in [2.45, 2.75) is 25.8 Å². The third-order valence-electron chi connectivity index (χ3n) is 3.22.